The Labute approximate surface area is 161 Å². The number of methoxy groups -OCH3 is 1. The van der Waals surface area contributed by atoms with Crippen LogP contribution in [-0.4, -0.2) is 22.6 Å². The minimum absolute atomic E-state index is 0.0450. The van der Waals surface area contributed by atoms with E-state index in [1.54, 1.807) is 16.7 Å². The molecule has 0 aliphatic rings. The molecular formula is C18H14F2IN3O2. The van der Waals surface area contributed by atoms with Gasteiger partial charge in [0.05, 0.1) is 35.9 Å². The number of fused-ring (bicyclic) bond motifs is 1. The second-order valence-corrected chi connectivity index (χ2v) is 6.65. The lowest BCUT2D eigenvalue weighted by atomic mass is 10.1. The Hall–Kier alpha value is -2.49. The Kier molecular flexibility index (Phi) is 5.21. The van der Waals surface area contributed by atoms with Crippen LogP contribution in [0.15, 0.2) is 43.2 Å². The van der Waals surface area contributed by atoms with E-state index in [-0.39, 0.29) is 22.5 Å². The number of ether oxygens (including phenoxy) is 1. The average molecular weight is 469 g/mol. The normalized spacial score (nSPS) is 10.8. The van der Waals surface area contributed by atoms with Crippen molar-refractivity contribution in [3.8, 4) is 0 Å². The van der Waals surface area contributed by atoms with Crippen molar-refractivity contribution in [2.75, 3.05) is 12.4 Å². The third-order valence-corrected chi connectivity index (χ3v) is 4.44. The van der Waals surface area contributed by atoms with Crippen LogP contribution in [0.1, 0.15) is 10.4 Å². The number of hydrogen-bond donors (Lipinski definition) is 1. The third kappa shape index (κ3) is 3.28. The van der Waals surface area contributed by atoms with E-state index in [2.05, 4.69) is 16.9 Å². The second-order valence-electron chi connectivity index (χ2n) is 5.41. The molecule has 1 heterocycles. The average Bonchev–Trinajstić information content (AvgIpc) is 3.02. The third-order valence-electron chi connectivity index (χ3n) is 3.77. The standard InChI is InChI=1S/C18H14F2IN3O2/c1-3-6-24-9-22-14-8-11(18(25)26-2)16(15(20)17(14)24)23-13-5-4-10(21)7-12(13)19/h3-5,7-9,23H,1,6H2,2H3. The maximum atomic E-state index is 15.3. The van der Waals surface area contributed by atoms with Gasteiger partial charge < -0.3 is 14.6 Å². The van der Waals surface area contributed by atoms with Crippen LogP contribution in [0, 0.1) is 15.2 Å². The predicted molar refractivity (Wildman–Crippen MR) is 104 cm³/mol. The lowest BCUT2D eigenvalue weighted by Crippen LogP contribution is -2.09. The van der Waals surface area contributed by atoms with Crippen LogP contribution in [0.3, 0.4) is 0 Å². The van der Waals surface area contributed by atoms with Gasteiger partial charge in [0.25, 0.3) is 0 Å². The molecule has 8 heteroatoms. The molecule has 0 aliphatic heterocycles. The van der Waals surface area contributed by atoms with Crippen LogP contribution in [0.4, 0.5) is 20.2 Å². The first-order valence-corrected chi connectivity index (χ1v) is 8.62. The lowest BCUT2D eigenvalue weighted by molar-refractivity contribution is 0.0601. The smallest absolute Gasteiger partial charge is 0.340 e. The van der Waals surface area contributed by atoms with Gasteiger partial charge in [-0.1, -0.05) is 6.08 Å². The van der Waals surface area contributed by atoms with Gasteiger partial charge in [-0.25, -0.2) is 18.6 Å². The van der Waals surface area contributed by atoms with Crippen molar-refractivity contribution in [1.82, 2.24) is 9.55 Å². The minimum atomic E-state index is -0.752. The number of hydrogen-bond acceptors (Lipinski definition) is 4. The van der Waals surface area contributed by atoms with Gasteiger partial charge in [0.2, 0.25) is 0 Å². The van der Waals surface area contributed by atoms with E-state index in [1.165, 1.54) is 31.6 Å². The minimum Gasteiger partial charge on any atom is -0.465 e. The number of imidazole rings is 1. The summed E-state index contributed by atoms with van der Waals surface area (Å²) in [7, 11) is 1.19. The zero-order valence-corrected chi connectivity index (χ0v) is 15.9. The molecule has 0 bridgehead atoms. The Morgan fingerprint density at radius 1 is 1.42 bits per heavy atom. The van der Waals surface area contributed by atoms with Gasteiger partial charge in [0, 0.05) is 10.1 Å². The Morgan fingerprint density at radius 2 is 2.19 bits per heavy atom. The number of nitrogens with zero attached hydrogens (tertiary/aromatic N) is 2. The summed E-state index contributed by atoms with van der Waals surface area (Å²) >= 11 is 1.97. The molecule has 0 fully saturated rings. The SMILES string of the molecule is C=CCn1cnc2cc(C(=O)OC)c(Nc3ccc(I)cc3F)c(F)c21. The van der Waals surface area contributed by atoms with Gasteiger partial charge in [-0.15, -0.1) is 6.58 Å². The molecule has 5 nitrogen and oxygen atoms in total. The van der Waals surface area contributed by atoms with E-state index < -0.39 is 17.6 Å². The van der Waals surface area contributed by atoms with Crippen molar-refractivity contribution >= 4 is 51.0 Å². The highest BCUT2D eigenvalue weighted by Gasteiger charge is 2.23. The van der Waals surface area contributed by atoms with Crippen molar-refractivity contribution in [3.05, 3.63) is 64.0 Å². The molecule has 3 rings (SSSR count). The molecule has 0 saturated heterocycles. The van der Waals surface area contributed by atoms with E-state index in [4.69, 9.17) is 4.74 Å². The van der Waals surface area contributed by atoms with Crippen LogP contribution in [0.5, 0.6) is 0 Å². The number of benzene rings is 2. The van der Waals surface area contributed by atoms with Crippen LogP contribution in [0.2, 0.25) is 0 Å². The number of esters is 1. The summed E-state index contributed by atoms with van der Waals surface area (Å²) in [5, 5.41) is 2.68. The van der Waals surface area contributed by atoms with E-state index in [0.29, 0.717) is 15.6 Å². The van der Waals surface area contributed by atoms with E-state index in [0.717, 1.165) is 0 Å². The number of allylic oxidation sites excluding steroid dienone is 1. The van der Waals surface area contributed by atoms with Crippen molar-refractivity contribution in [1.29, 1.82) is 0 Å². The fourth-order valence-corrected chi connectivity index (χ4v) is 3.04. The zero-order valence-electron chi connectivity index (χ0n) is 13.7. The molecule has 1 N–H and O–H groups in total. The summed E-state index contributed by atoms with van der Waals surface area (Å²) in [6.07, 6.45) is 3.05. The van der Waals surface area contributed by atoms with Gasteiger partial charge in [0.1, 0.15) is 11.3 Å². The first-order valence-electron chi connectivity index (χ1n) is 7.55. The van der Waals surface area contributed by atoms with Gasteiger partial charge in [-0.3, -0.25) is 0 Å². The molecule has 0 unspecified atom stereocenters. The van der Waals surface area contributed by atoms with E-state index in [1.807, 2.05) is 22.6 Å². The highest BCUT2D eigenvalue weighted by atomic mass is 127. The summed E-state index contributed by atoms with van der Waals surface area (Å²) in [6.45, 7) is 3.97. The summed E-state index contributed by atoms with van der Waals surface area (Å²) in [4.78, 5) is 16.2. The molecule has 1 aromatic heterocycles. The van der Waals surface area contributed by atoms with Crippen molar-refractivity contribution in [2.45, 2.75) is 6.54 Å². The molecule has 26 heavy (non-hydrogen) atoms. The molecule has 0 aliphatic carbocycles. The first kappa shape index (κ1) is 18.3. The number of halogens is 3. The topological polar surface area (TPSA) is 56.2 Å². The maximum Gasteiger partial charge on any atom is 0.340 e. The first-order chi connectivity index (χ1) is 12.5. The molecule has 0 atom stereocenters. The number of anilines is 2. The highest BCUT2D eigenvalue weighted by molar-refractivity contribution is 14.1. The largest absolute Gasteiger partial charge is 0.465 e. The van der Waals surface area contributed by atoms with Crippen molar-refractivity contribution < 1.29 is 18.3 Å². The fourth-order valence-electron chi connectivity index (χ4n) is 2.58. The molecule has 0 saturated carbocycles. The summed E-state index contributed by atoms with van der Waals surface area (Å²) in [5.41, 5.74) is 0.280. The second kappa shape index (κ2) is 7.40. The molecule has 134 valence electrons. The number of aromatic nitrogens is 2. The quantitative estimate of drug-likeness (QED) is 0.336. The number of carbonyl (C=O) groups is 1. The van der Waals surface area contributed by atoms with Gasteiger partial charge in [0.15, 0.2) is 5.82 Å². The van der Waals surface area contributed by atoms with Crippen molar-refractivity contribution in [3.63, 3.8) is 0 Å². The van der Waals surface area contributed by atoms with Gasteiger partial charge in [-0.05, 0) is 46.9 Å². The zero-order chi connectivity index (χ0) is 18.8. The van der Waals surface area contributed by atoms with E-state index >= 15 is 4.39 Å². The molecule has 0 spiro atoms. The monoisotopic (exact) mass is 469 g/mol. The van der Waals surface area contributed by atoms with Gasteiger partial charge in [-0.2, -0.15) is 0 Å². The lowest BCUT2D eigenvalue weighted by Gasteiger charge is -2.14. The number of rotatable bonds is 5. The molecular weight excluding hydrogens is 455 g/mol. The molecule has 0 amide bonds. The Bertz CT molecular complexity index is 1020. The Morgan fingerprint density at radius 3 is 2.85 bits per heavy atom. The number of nitrogens with one attached hydrogen (secondary N) is 1. The number of carbonyl (C=O) groups excluding carboxylic acids is 1. The predicted octanol–water partition coefficient (Wildman–Crippen LogP) is 4.64. The maximum absolute atomic E-state index is 15.3. The fraction of sp³-hybridized carbons (Fsp3) is 0.111. The van der Waals surface area contributed by atoms with E-state index in [9.17, 15) is 9.18 Å². The van der Waals surface area contributed by atoms with Crippen molar-refractivity contribution in [2.24, 2.45) is 0 Å². The highest BCUT2D eigenvalue weighted by Crippen LogP contribution is 2.32. The van der Waals surface area contributed by atoms with Crippen LogP contribution in [0.25, 0.3) is 11.0 Å². The summed E-state index contributed by atoms with van der Waals surface area (Å²) < 4.78 is 36.4. The summed E-state index contributed by atoms with van der Waals surface area (Å²) in [5.74, 6) is -2.04. The van der Waals surface area contributed by atoms with Gasteiger partial charge >= 0.3 is 5.97 Å². The Balaban J connectivity index is 2.22. The van der Waals surface area contributed by atoms with Crippen LogP contribution in [-0.2, 0) is 11.3 Å². The molecule has 0 radical (unpaired) electrons. The van der Waals surface area contributed by atoms with Crippen LogP contribution >= 0.6 is 22.6 Å². The summed E-state index contributed by atoms with van der Waals surface area (Å²) in [6, 6.07) is 5.86. The molecule has 2 aromatic carbocycles. The van der Waals surface area contributed by atoms with Crippen LogP contribution < -0.4 is 5.32 Å². The molecule has 3 aromatic rings.